The molecule has 136 valence electrons. The molecule has 0 saturated carbocycles. The van der Waals surface area contributed by atoms with Crippen molar-refractivity contribution in [3.05, 3.63) is 79.2 Å². The summed E-state index contributed by atoms with van der Waals surface area (Å²) in [4.78, 5) is 8.61. The van der Waals surface area contributed by atoms with Crippen molar-refractivity contribution in [3.8, 4) is 17.1 Å². The fraction of sp³-hybridized carbons (Fsp3) is 0.0556. The summed E-state index contributed by atoms with van der Waals surface area (Å²) in [6.45, 7) is -0.00683. The van der Waals surface area contributed by atoms with Gasteiger partial charge in [-0.1, -0.05) is 0 Å². The molecule has 4 rings (SSSR count). The van der Waals surface area contributed by atoms with Gasteiger partial charge in [-0.05, 0) is 42.5 Å². The first-order chi connectivity index (χ1) is 13.1. The third-order valence-corrected chi connectivity index (χ3v) is 5.29. The highest BCUT2D eigenvalue weighted by atomic mass is 32.2. The van der Waals surface area contributed by atoms with Crippen LogP contribution in [0.2, 0.25) is 0 Å². The zero-order chi connectivity index (χ0) is 18.7. The fourth-order valence-electron chi connectivity index (χ4n) is 2.56. The van der Waals surface area contributed by atoms with Gasteiger partial charge in [0.15, 0.2) is 5.76 Å². The molecule has 0 saturated heterocycles. The number of sulfonamides is 1. The predicted octanol–water partition coefficient (Wildman–Crippen LogP) is 2.40. The van der Waals surface area contributed by atoms with Crippen LogP contribution in [-0.4, -0.2) is 28.2 Å². The van der Waals surface area contributed by atoms with Gasteiger partial charge in [0.25, 0.3) is 0 Å². The van der Waals surface area contributed by atoms with E-state index in [0.717, 1.165) is 5.69 Å². The number of furan rings is 1. The Kier molecular flexibility index (Phi) is 4.53. The highest BCUT2D eigenvalue weighted by Gasteiger charge is 2.17. The molecule has 9 heteroatoms. The van der Waals surface area contributed by atoms with Crippen LogP contribution in [0.4, 0.5) is 0 Å². The highest BCUT2D eigenvalue weighted by Crippen LogP contribution is 2.20. The summed E-state index contributed by atoms with van der Waals surface area (Å²) >= 11 is 0. The van der Waals surface area contributed by atoms with E-state index < -0.39 is 10.0 Å². The van der Waals surface area contributed by atoms with Crippen molar-refractivity contribution >= 4 is 10.0 Å². The monoisotopic (exact) mass is 381 g/mol. The second-order valence-corrected chi connectivity index (χ2v) is 7.36. The van der Waals surface area contributed by atoms with E-state index >= 15 is 0 Å². The second kappa shape index (κ2) is 7.14. The third kappa shape index (κ3) is 3.64. The number of hydrogen-bond donors (Lipinski definition) is 1. The van der Waals surface area contributed by atoms with Gasteiger partial charge in [-0.2, -0.15) is 5.10 Å². The summed E-state index contributed by atoms with van der Waals surface area (Å²) < 4.78 is 34.7. The van der Waals surface area contributed by atoms with Crippen LogP contribution < -0.4 is 4.72 Å². The predicted molar refractivity (Wildman–Crippen MR) is 97.3 cm³/mol. The average molecular weight is 381 g/mol. The van der Waals surface area contributed by atoms with Crippen LogP contribution in [0.25, 0.3) is 17.1 Å². The fourth-order valence-corrected chi connectivity index (χ4v) is 3.55. The molecule has 0 aliphatic rings. The Bertz CT molecular complexity index is 1120. The molecule has 8 nitrogen and oxygen atoms in total. The number of benzene rings is 1. The number of aromatic nitrogens is 4. The molecule has 27 heavy (non-hydrogen) atoms. The van der Waals surface area contributed by atoms with Crippen molar-refractivity contribution in [2.75, 3.05) is 0 Å². The van der Waals surface area contributed by atoms with Gasteiger partial charge in [0.2, 0.25) is 10.0 Å². The Morgan fingerprint density at radius 1 is 1.00 bits per heavy atom. The zero-order valence-electron chi connectivity index (χ0n) is 14.1. The van der Waals surface area contributed by atoms with Gasteiger partial charge < -0.3 is 4.42 Å². The van der Waals surface area contributed by atoms with Crippen LogP contribution >= 0.6 is 0 Å². The summed E-state index contributed by atoms with van der Waals surface area (Å²) in [6, 6.07) is 11.7. The molecule has 0 radical (unpaired) electrons. The molecule has 0 amide bonds. The average Bonchev–Trinajstić information content (AvgIpc) is 3.41. The molecule has 0 spiro atoms. The van der Waals surface area contributed by atoms with E-state index in [4.69, 9.17) is 4.42 Å². The molecule has 0 aliphatic heterocycles. The molecule has 3 aromatic heterocycles. The van der Waals surface area contributed by atoms with Crippen molar-refractivity contribution in [1.29, 1.82) is 0 Å². The number of nitrogens with one attached hydrogen (secondary N) is 1. The van der Waals surface area contributed by atoms with Crippen LogP contribution in [0.3, 0.4) is 0 Å². The lowest BCUT2D eigenvalue weighted by molar-refractivity contribution is 0.573. The van der Waals surface area contributed by atoms with Gasteiger partial charge in [0, 0.05) is 24.8 Å². The summed E-state index contributed by atoms with van der Waals surface area (Å²) in [5, 5.41) is 4.12. The van der Waals surface area contributed by atoms with E-state index in [1.807, 2.05) is 0 Å². The van der Waals surface area contributed by atoms with Crippen LogP contribution in [0.15, 0.2) is 82.8 Å². The lowest BCUT2D eigenvalue weighted by Gasteiger charge is -2.09. The third-order valence-electron chi connectivity index (χ3n) is 3.87. The van der Waals surface area contributed by atoms with E-state index in [2.05, 4.69) is 19.8 Å². The summed E-state index contributed by atoms with van der Waals surface area (Å²) in [5.41, 5.74) is 1.75. The second-order valence-electron chi connectivity index (χ2n) is 5.60. The number of hydrogen-bond acceptors (Lipinski definition) is 6. The maximum atomic E-state index is 12.6. The molecular weight excluding hydrogens is 366 g/mol. The quantitative estimate of drug-likeness (QED) is 0.550. The molecule has 0 bridgehead atoms. The molecule has 3 heterocycles. The van der Waals surface area contributed by atoms with Gasteiger partial charge >= 0.3 is 0 Å². The summed E-state index contributed by atoms with van der Waals surface area (Å²) in [6.07, 6.45) is 8.01. The minimum absolute atomic E-state index is 0.00683. The molecule has 0 atom stereocenters. The molecule has 4 aromatic rings. The number of nitrogens with zero attached hydrogens (tertiary/aromatic N) is 4. The molecule has 0 fully saturated rings. The Balaban J connectivity index is 1.53. The Morgan fingerprint density at radius 2 is 1.81 bits per heavy atom. The molecule has 1 aromatic carbocycles. The standard InChI is InChI=1S/C18H15N5O3S/c24-27(25,15-6-4-14(5-7-15)23-11-2-8-21-23)22-13-16-18(20-10-9-19-16)17-3-1-12-26-17/h1-12,22H,13H2. The van der Waals surface area contributed by atoms with Gasteiger partial charge in [-0.3, -0.25) is 4.98 Å². The first-order valence-corrected chi connectivity index (χ1v) is 9.55. The van der Waals surface area contributed by atoms with Crippen LogP contribution in [0.5, 0.6) is 0 Å². The molecule has 0 unspecified atom stereocenters. The van der Waals surface area contributed by atoms with Crippen LogP contribution in [0, 0.1) is 0 Å². The first-order valence-electron chi connectivity index (χ1n) is 8.07. The van der Waals surface area contributed by atoms with E-state index in [1.165, 1.54) is 30.8 Å². The maximum absolute atomic E-state index is 12.6. The largest absolute Gasteiger partial charge is 0.463 e. The molecule has 1 N–H and O–H groups in total. The van der Waals surface area contributed by atoms with E-state index in [-0.39, 0.29) is 11.4 Å². The van der Waals surface area contributed by atoms with Crippen LogP contribution in [0.1, 0.15) is 5.69 Å². The smallest absolute Gasteiger partial charge is 0.240 e. The highest BCUT2D eigenvalue weighted by molar-refractivity contribution is 7.89. The maximum Gasteiger partial charge on any atom is 0.240 e. The minimum Gasteiger partial charge on any atom is -0.463 e. The lowest BCUT2D eigenvalue weighted by Crippen LogP contribution is -2.24. The van der Waals surface area contributed by atoms with E-state index in [9.17, 15) is 8.42 Å². The van der Waals surface area contributed by atoms with Crippen LogP contribution in [-0.2, 0) is 16.6 Å². The van der Waals surface area contributed by atoms with Crippen molar-refractivity contribution in [2.24, 2.45) is 0 Å². The SMILES string of the molecule is O=S(=O)(NCc1nccnc1-c1ccco1)c1ccc(-n2cccn2)cc1. The Labute approximate surface area is 155 Å². The van der Waals surface area contributed by atoms with Crippen molar-refractivity contribution in [3.63, 3.8) is 0 Å². The topological polar surface area (TPSA) is 103 Å². The Morgan fingerprint density at radius 3 is 2.52 bits per heavy atom. The normalized spacial score (nSPS) is 11.6. The van der Waals surface area contributed by atoms with Gasteiger partial charge in [-0.15, -0.1) is 0 Å². The summed E-state index contributed by atoms with van der Waals surface area (Å²) in [5.74, 6) is 0.529. The molecule has 0 aliphatic carbocycles. The first kappa shape index (κ1) is 17.1. The molecular formula is C18H15N5O3S. The van der Waals surface area contributed by atoms with Gasteiger partial charge in [0.05, 0.1) is 29.1 Å². The van der Waals surface area contributed by atoms with Crippen molar-refractivity contribution in [2.45, 2.75) is 11.4 Å². The number of rotatable bonds is 6. The summed E-state index contributed by atoms with van der Waals surface area (Å²) in [7, 11) is -3.71. The van der Waals surface area contributed by atoms with Crippen molar-refractivity contribution in [1.82, 2.24) is 24.5 Å². The zero-order valence-corrected chi connectivity index (χ0v) is 14.9. The van der Waals surface area contributed by atoms with E-state index in [1.54, 1.807) is 47.4 Å². The minimum atomic E-state index is -3.71. The van der Waals surface area contributed by atoms with Gasteiger partial charge in [-0.25, -0.2) is 22.8 Å². The lowest BCUT2D eigenvalue weighted by atomic mass is 10.2. The van der Waals surface area contributed by atoms with Crippen molar-refractivity contribution < 1.29 is 12.8 Å². The van der Waals surface area contributed by atoms with E-state index in [0.29, 0.717) is 17.1 Å². The Hall–Kier alpha value is -3.30. The van der Waals surface area contributed by atoms with Gasteiger partial charge in [0.1, 0.15) is 5.69 Å².